The standard InChI is InChI=1S/C23H25N3O3/c1-4-15-12-21(27)25-26-22(15)17-7-10-19-20(11-17)29-23(24-19)16-5-8-18(9-6-16)28-13-14(2)3/h5-11,14-15H,4,12-13H2,1-3H3,(H,25,27). The molecule has 1 amide bonds. The summed E-state index contributed by atoms with van der Waals surface area (Å²) in [5.74, 6) is 1.96. The molecule has 0 radical (unpaired) electrons. The number of hydrogen-bond donors (Lipinski definition) is 1. The van der Waals surface area contributed by atoms with Gasteiger partial charge >= 0.3 is 0 Å². The predicted octanol–water partition coefficient (Wildman–Crippen LogP) is 4.78. The number of benzene rings is 2. The monoisotopic (exact) mass is 391 g/mol. The molecule has 0 spiro atoms. The van der Waals surface area contributed by atoms with Crippen molar-refractivity contribution in [2.24, 2.45) is 16.9 Å². The predicted molar refractivity (Wildman–Crippen MR) is 113 cm³/mol. The normalized spacial score (nSPS) is 16.8. The van der Waals surface area contributed by atoms with Crippen molar-refractivity contribution in [3.63, 3.8) is 0 Å². The van der Waals surface area contributed by atoms with E-state index in [0.717, 1.165) is 34.5 Å². The van der Waals surface area contributed by atoms with E-state index < -0.39 is 0 Å². The number of ether oxygens (including phenoxy) is 1. The maximum atomic E-state index is 11.6. The Labute approximate surface area is 170 Å². The zero-order valence-corrected chi connectivity index (χ0v) is 16.9. The van der Waals surface area contributed by atoms with Gasteiger partial charge in [0.1, 0.15) is 11.3 Å². The number of oxazole rings is 1. The third-order valence-electron chi connectivity index (χ3n) is 4.98. The maximum absolute atomic E-state index is 11.6. The van der Waals surface area contributed by atoms with Crippen molar-refractivity contribution in [3.05, 3.63) is 48.0 Å². The van der Waals surface area contributed by atoms with Gasteiger partial charge in [0.15, 0.2) is 5.58 Å². The van der Waals surface area contributed by atoms with Crippen LogP contribution in [0.1, 0.15) is 39.2 Å². The van der Waals surface area contributed by atoms with Crippen molar-refractivity contribution in [2.75, 3.05) is 6.61 Å². The zero-order valence-electron chi connectivity index (χ0n) is 16.9. The lowest BCUT2D eigenvalue weighted by atomic mass is 9.90. The van der Waals surface area contributed by atoms with Gasteiger partial charge in [0.2, 0.25) is 11.8 Å². The quantitative estimate of drug-likeness (QED) is 0.656. The number of aromatic nitrogens is 1. The van der Waals surface area contributed by atoms with Gasteiger partial charge in [-0.15, -0.1) is 0 Å². The molecule has 4 rings (SSSR count). The van der Waals surface area contributed by atoms with Crippen LogP contribution >= 0.6 is 0 Å². The van der Waals surface area contributed by atoms with E-state index in [2.05, 4.69) is 36.3 Å². The Morgan fingerprint density at radius 3 is 2.66 bits per heavy atom. The van der Waals surface area contributed by atoms with E-state index in [0.29, 0.717) is 30.4 Å². The average Bonchev–Trinajstić information content (AvgIpc) is 3.15. The van der Waals surface area contributed by atoms with Crippen LogP contribution < -0.4 is 10.2 Å². The summed E-state index contributed by atoms with van der Waals surface area (Å²) in [6, 6.07) is 13.6. The summed E-state index contributed by atoms with van der Waals surface area (Å²) in [5, 5.41) is 4.29. The summed E-state index contributed by atoms with van der Waals surface area (Å²) in [4.78, 5) is 16.2. The molecular formula is C23H25N3O3. The number of nitrogens with one attached hydrogen (secondary N) is 1. The first kappa shape index (κ1) is 19.2. The van der Waals surface area contributed by atoms with E-state index in [1.807, 2.05) is 42.5 Å². The van der Waals surface area contributed by atoms with Gasteiger partial charge < -0.3 is 9.15 Å². The molecule has 1 atom stereocenters. The van der Waals surface area contributed by atoms with Crippen LogP contribution in [0.4, 0.5) is 0 Å². The van der Waals surface area contributed by atoms with Gasteiger partial charge in [-0.05, 0) is 48.7 Å². The summed E-state index contributed by atoms with van der Waals surface area (Å²) in [7, 11) is 0. The Morgan fingerprint density at radius 2 is 1.93 bits per heavy atom. The highest BCUT2D eigenvalue weighted by atomic mass is 16.5. The second kappa shape index (κ2) is 8.07. The molecule has 3 aromatic rings. The van der Waals surface area contributed by atoms with E-state index in [9.17, 15) is 4.79 Å². The number of rotatable bonds is 6. The first-order chi connectivity index (χ1) is 14.0. The van der Waals surface area contributed by atoms with Crippen molar-refractivity contribution in [1.29, 1.82) is 0 Å². The van der Waals surface area contributed by atoms with Gasteiger partial charge in [-0.2, -0.15) is 5.10 Å². The molecule has 1 aliphatic heterocycles. The Hall–Kier alpha value is -3.15. The Kier molecular flexibility index (Phi) is 5.34. The lowest BCUT2D eigenvalue weighted by Gasteiger charge is -2.21. The highest BCUT2D eigenvalue weighted by molar-refractivity contribution is 6.07. The molecule has 1 aliphatic rings. The Morgan fingerprint density at radius 1 is 1.17 bits per heavy atom. The molecule has 1 N–H and O–H groups in total. The van der Waals surface area contributed by atoms with Crippen molar-refractivity contribution in [2.45, 2.75) is 33.6 Å². The van der Waals surface area contributed by atoms with E-state index >= 15 is 0 Å². The third-order valence-corrected chi connectivity index (χ3v) is 4.98. The van der Waals surface area contributed by atoms with Crippen molar-refractivity contribution in [1.82, 2.24) is 10.4 Å². The number of hydrazone groups is 1. The van der Waals surface area contributed by atoms with Crippen molar-refractivity contribution in [3.8, 4) is 17.2 Å². The molecule has 6 heteroatoms. The van der Waals surface area contributed by atoms with Gasteiger partial charge in [0.05, 0.1) is 12.3 Å². The van der Waals surface area contributed by atoms with Crippen LogP contribution in [-0.4, -0.2) is 23.2 Å². The minimum atomic E-state index is -0.0375. The lowest BCUT2D eigenvalue weighted by Crippen LogP contribution is -2.33. The van der Waals surface area contributed by atoms with E-state index in [1.165, 1.54) is 0 Å². The molecule has 29 heavy (non-hydrogen) atoms. The fourth-order valence-corrected chi connectivity index (χ4v) is 3.38. The van der Waals surface area contributed by atoms with E-state index in [-0.39, 0.29) is 11.8 Å². The summed E-state index contributed by atoms with van der Waals surface area (Å²) in [6.45, 7) is 7.00. The first-order valence-electron chi connectivity index (χ1n) is 10.0. The van der Waals surface area contributed by atoms with E-state index in [1.54, 1.807) is 0 Å². The summed E-state index contributed by atoms with van der Waals surface area (Å²) < 4.78 is 11.8. The van der Waals surface area contributed by atoms with Crippen molar-refractivity contribution < 1.29 is 13.9 Å². The molecule has 0 saturated heterocycles. The molecule has 0 aliphatic carbocycles. The van der Waals surface area contributed by atoms with Crippen LogP contribution in [0.15, 0.2) is 52.0 Å². The van der Waals surface area contributed by atoms with Crippen molar-refractivity contribution >= 4 is 22.7 Å². The molecule has 1 unspecified atom stereocenters. The largest absolute Gasteiger partial charge is 0.493 e. The number of nitrogens with zero attached hydrogens (tertiary/aromatic N) is 2. The van der Waals surface area contributed by atoms with Gasteiger partial charge in [-0.3, -0.25) is 4.79 Å². The van der Waals surface area contributed by atoms with Crippen LogP contribution in [0.25, 0.3) is 22.6 Å². The molecular weight excluding hydrogens is 366 g/mol. The van der Waals surface area contributed by atoms with Crippen LogP contribution in [0, 0.1) is 11.8 Å². The van der Waals surface area contributed by atoms with Gasteiger partial charge in [0.25, 0.3) is 0 Å². The highest BCUT2D eigenvalue weighted by Gasteiger charge is 2.24. The third kappa shape index (κ3) is 4.16. The molecule has 0 bridgehead atoms. The number of hydrogen-bond acceptors (Lipinski definition) is 5. The van der Waals surface area contributed by atoms with Crippen LogP contribution in [0.5, 0.6) is 5.75 Å². The molecule has 1 aromatic heterocycles. The highest BCUT2D eigenvalue weighted by Crippen LogP contribution is 2.28. The second-order valence-corrected chi connectivity index (χ2v) is 7.77. The minimum Gasteiger partial charge on any atom is -0.493 e. The van der Waals surface area contributed by atoms with Crippen LogP contribution in [0.3, 0.4) is 0 Å². The Balaban J connectivity index is 1.59. The summed E-state index contributed by atoms with van der Waals surface area (Å²) in [5.41, 5.74) is 6.81. The summed E-state index contributed by atoms with van der Waals surface area (Å²) >= 11 is 0. The number of fused-ring (bicyclic) bond motifs is 1. The zero-order chi connectivity index (χ0) is 20.4. The summed E-state index contributed by atoms with van der Waals surface area (Å²) in [6.07, 6.45) is 1.32. The van der Waals surface area contributed by atoms with Crippen LogP contribution in [0.2, 0.25) is 0 Å². The molecule has 150 valence electrons. The molecule has 0 saturated carbocycles. The topological polar surface area (TPSA) is 76.7 Å². The average molecular weight is 391 g/mol. The second-order valence-electron chi connectivity index (χ2n) is 7.77. The number of carbonyl (C=O) groups is 1. The van der Waals surface area contributed by atoms with E-state index in [4.69, 9.17) is 9.15 Å². The van der Waals surface area contributed by atoms with Crippen LogP contribution in [-0.2, 0) is 4.79 Å². The minimum absolute atomic E-state index is 0.0375. The maximum Gasteiger partial charge on any atom is 0.240 e. The van der Waals surface area contributed by atoms with Gasteiger partial charge in [-0.1, -0.05) is 26.8 Å². The smallest absolute Gasteiger partial charge is 0.240 e. The molecule has 2 heterocycles. The molecule has 6 nitrogen and oxygen atoms in total. The SMILES string of the molecule is CCC1CC(=O)NN=C1c1ccc2nc(-c3ccc(OCC(C)C)cc3)oc2c1. The molecule has 2 aromatic carbocycles. The Bertz CT molecular complexity index is 1050. The van der Waals surface area contributed by atoms with Gasteiger partial charge in [0, 0.05) is 23.5 Å². The fourth-order valence-electron chi connectivity index (χ4n) is 3.38. The molecule has 0 fully saturated rings. The lowest BCUT2D eigenvalue weighted by molar-refractivity contribution is -0.122. The van der Waals surface area contributed by atoms with Gasteiger partial charge in [-0.25, -0.2) is 10.4 Å². The first-order valence-corrected chi connectivity index (χ1v) is 10.0. The number of amides is 1. The fraction of sp³-hybridized carbons (Fsp3) is 0.348. The number of carbonyl (C=O) groups excluding carboxylic acids is 1.